The molecule has 3 aromatic rings. The molecule has 6 nitrogen and oxygen atoms in total. The van der Waals surface area contributed by atoms with Gasteiger partial charge >= 0.3 is 5.97 Å². The molecule has 0 saturated carbocycles. The van der Waals surface area contributed by atoms with Crippen LogP contribution in [0.4, 0.5) is 11.4 Å². The molecular formula is C20H21N3O3S. The third-order valence-electron chi connectivity index (χ3n) is 4.27. The third-order valence-corrected chi connectivity index (χ3v) is 5.35. The maximum atomic E-state index is 12.6. The lowest BCUT2D eigenvalue weighted by Gasteiger charge is -2.14. The fourth-order valence-electron chi connectivity index (χ4n) is 2.84. The van der Waals surface area contributed by atoms with Crippen LogP contribution in [0, 0.1) is 20.8 Å². The largest absolute Gasteiger partial charge is 0.448 e. The summed E-state index contributed by atoms with van der Waals surface area (Å²) >= 11 is 1.18. The van der Waals surface area contributed by atoms with Gasteiger partial charge in [0.15, 0.2) is 6.10 Å². The zero-order valence-electron chi connectivity index (χ0n) is 15.6. The van der Waals surface area contributed by atoms with Gasteiger partial charge in [-0.15, -0.1) is 11.3 Å². The number of anilines is 2. The second kappa shape index (κ2) is 7.36. The molecule has 1 atom stereocenters. The normalized spacial score (nSPS) is 12.0. The van der Waals surface area contributed by atoms with Gasteiger partial charge in [-0.25, -0.2) is 9.78 Å². The number of aryl methyl sites for hydroxylation is 3. The highest BCUT2D eigenvalue weighted by Gasteiger charge is 2.24. The maximum absolute atomic E-state index is 12.6. The van der Waals surface area contributed by atoms with Crippen molar-refractivity contribution < 1.29 is 14.3 Å². The molecular weight excluding hydrogens is 362 g/mol. The van der Waals surface area contributed by atoms with Crippen molar-refractivity contribution in [2.75, 3.05) is 11.1 Å². The Labute approximate surface area is 161 Å². The molecule has 3 N–H and O–H groups in total. The topological polar surface area (TPSA) is 94.3 Å². The Morgan fingerprint density at radius 3 is 2.59 bits per heavy atom. The summed E-state index contributed by atoms with van der Waals surface area (Å²) in [6, 6.07) is 9.31. The van der Waals surface area contributed by atoms with E-state index in [9.17, 15) is 9.59 Å². The minimum atomic E-state index is -0.961. The Kier molecular flexibility index (Phi) is 5.14. The monoisotopic (exact) mass is 383 g/mol. The molecule has 0 saturated heterocycles. The number of benzene rings is 1. The number of nitrogens with one attached hydrogen (secondary N) is 1. The summed E-state index contributed by atoms with van der Waals surface area (Å²) in [6.45, 7) is 7.23. The Morgan fingerprint density at radius 1 is 1.19 bits per heavy atom. The van der Waals surface area contributed by atoms with Gasteiger partial charge in [0.1, 0.15) is 9.71 Å². The average Bonchev–Trinajstić information content (AvgIpc) is 2.93. The van der Waals surface area contributed by atoms with E-state index < -0.39 is 18.0 Å². The molecule has 2 aromatic heterocycles. The second-order valence-electron chi connectivity index (χ2n) is 6.46. The number of rotatable bonds is 4. The minimum absolute atomic E-state index is 0.266. The van der Waals surface area contributed by atoms with Gasteiger partial charge in [0.2, 0.25) is 0 Å². The molecule has 140 valence electrons. The standard InChI is InChI=1S/C20H21N3O3S/c1-10-7-5-6-8-14(10)23-18(24)13(4)26-20(25)17-16(21)15-11(2)9-12(3)22-19(15)27-17/h5-9,13H,21H2,1-4H3,(H,23,24)/t13-/m1/s1. The third kappa shape index (κ3) is 3.78. The molecule has 2 heterocycles. The lowest BCUT2D eigenvalue weighted by atomic mass is 10.1. The first-order valence-corrected chi connectivity index (χ1v) is 9.33. The number of aromatic nitrogens is 1. The number of nitrogens with two attached hydrogens (primary N) is 1. The maximum Gasteiger partial charge on any atom is 0.351 e. The van der Waals surface area contributed by atoms with E-state index >= 15 is 0 Å². The van der Waals surface area contributed by atoms with Crippen LogP contribution >= 0.6 is 11.3 Å². The van der Waals surface area contributed by atoms with E-state index in [-0.39, 0.29) is 4.88 Å². The summed E-state index contributed by atoms with van der Waals surface area (Å²) in [4.78, 5) is 30.3. The van der Waals surface area contributed by atoms with Crippen molar-refractivity contribution in [2.45, 2.75) is 33.8 Å². The molecule has 27 heavy (non-hydrogen) atoms. The Bertz CT molecular complexity index is 1040. The lowest BCUT2D eigenvalue weighted by Crippen LogP contribution is -2.30. The number of thiophene rings is 1. The summed E-state index contributed by atoms with van der Waals surface area (Å²) in [6.07, 6.45) is -0.961. The number of nitrogen functional groups attached to an aromatic ring is 1. The second-order valence-corrected chi connectivity index (χ2v) is 7.46. The molecule has 0 radical (unpaired) electrons. The van der Waals surface area contributed by atoms with Crippen LogP contribution < -0.4 is 11.1 Å². The number of esters is 1. The number of amides is 1. The van der Waals surface area contributed by atoms with Crippen molar-refractivity contribution in [1.82, 2.24) is 4.98 Å². The summed E-state index contributed by atoms with van der Waals surface area (Å²) in [5.74, 6) is -1.03. The number of pyridine rings is 1. The van der Waals surface area contributed by atoms with E-state index in [1.807, 2.05) is 45.0 Å². The molecule has 7 heteroatoms. The van der Waals surface area contributed by atoms with E-state index in [1.54, 1.807) is 6.07 Å². The summed E-state index contributed by atoms with van der Waals surface area (Å²) < 4.78 is 5.34. The summed E-state index contributed by atoms with van der Waals surface area (Å²) in [7, 11) is 0. The highest BCUT2D eigenvalue weighted by molar-refractivity contribution is 7.21. The predicted molar refractivity (Wildman–Crippen MR) is 108 cm³/mol. The van der Waals surface area contributed by atoms with Crippen molar-refractivity contribution in [3.05, 3.63) is 52.0 Å². The van der Waals surface area contributed by atoms with Crippen LogP contribution in [-0.4, -0.2) is 23.0 Å². The van der Waals surface area contributed by atoms with Crippen LogP contribution in [0.3, 0.4) is 0 Å². The number of carbonyl (C=O) groups excluding carboxylic acids is 2. The van der Waals surface area contributed by atoms with Crippen molar-refractivity contribution in [2.24, 2.45) is 0 Å². The number of nitrogens with zero attached hydrogens (tertiary/aromatic N) is 1. The molecule has 0 aliphatic carbocycles. The fraction of sp³-hybridized carbons (Fsp3) is 0.250. The van der Waals surface area contributed by atoms with E-state index in [2.05, 4.69) is 10.3 Å². The van der Waals surface area contributed by atoms with Crippen LogP contribution in [0.5, 0.6) is 0 Å². The fourth-order valence-corrected chi connectivity index (χ4v) is 3.94. The molecule has 0 unspecified atom stereocenters. The average molecular weight is 383 g/mol. The lowest BCUT2D eigenvalue weighted by molar-refractivity contribution is -0.123. The number of carbonyl (C=O) groups is 2. The number of ether oxygens (including phenoxy) is 1. The minimum Gasteiger partial charge on any atom is -0.448 e. The number of para-hydroxylation sites is 1. The predicted octanol–water partition coefficient (Wildman–Crippen LogP) is 3.99. The molecule has 0 bridgehead atoms. The van der Waals surface area contributed by atoms with Crippen molar-refractivity contribution in [1.29, 1.82) is 0 Å². The van der Waals surface area contributed by atoms with Crippen molar-refractivity contribution in [3.8, 4) is 0 Å². The van der Waals surface area contributed by atoms with E-state index in [0.717, 1.165) is 22.2 Å². The number of fused-ring (bicyclic) bond motifs is 1. The highest BCUT2D eigenvalue weighted by atomic mass is 32.1. The SMILES string of the molecule is Cc1cc(C)c2c(N)c(C(=O)O[C@H](C)C(=O)Nc3ccccc3C)sc2n1. The van der Waals surface area contributed by atoms with Gasteiger partial charge in [-0.1, -0.05) is 18.2 Å². The van der Waals surface area contributed by atoms with Gasteiger partial charge in [0.05, 0.1) is 5.69 Å². The summed E-state index contributed by atoms with van der Waals surface area (Å²) in [5.41, 5.74) is 9.92. The van der Waals surface area contributed by atoms with Crippen molar-refractivity contribution >= 4 is 44.8 Å². The van der Waals surface area contributed by atoms with Crippen LogP contribution in [-0.2, 0) is 9.53 Å². The number of hydrogen-bond donors (Lipinski definition) is 2. The Balaban J connectivity index is 1.78. The van der Waals surface area contributed by atoms with E-state index in [0.29, 0.717) is 16.2 Å². The molecule has 0 aliphatic heterocycles. The van der Waals surface area contributed by atoms with Crippen LogP contribution in [0.1, 0.15) is 33.4 Å². The van der Waals surface area contributed by atoms with Gasteiger partial charge in [0, 0.05) is 16.8 Å². The van der Waals surface area contributed by atoms with Crippen LogP contribution in [0.25, 0.3) is 10.2 Å². The molecule has 1 aromatic carbocycles. The van der Waals surface area contributed by atoms with Gasteiger partial charge in [-0.3, -0.25) is 4.79 Å². The molecule has 0 spiro atoms. The smallest absolute Gasteiger partial charge is 0.351 e. The van der Waals surface area contributed by atoms with Gasteiger partial charge in [0.25, 0.3) is 5.91 Å². The van der Waals surface area contributed by atoms with Crippen LogP contribution in [0.2, 0.25) is 0 Å². The summed E-state index contributed by atoms with van der Waals surface area (Å²) in [5, 5.41) is 3.53. The number of hydrogen-bond acceptors (Lipinski definition) is 6. The first-order chi connectivity index (χ1) is 12.8. The van der Waals surface area contributed by atoms with Crippen LogP contribution in [0.15, 0.2) is 30.3 Å². The first kappa shape index (κ1) is 18.8. The van der Waals surface area contributed by atoms with Crippen molar-refractivity contribution in [3.63, 3.8) is 0 Å². The Hall–Kier alpha value is -2.93. The highest BCUT2D eigenvalue weighted by Crippen LogP contribution is 2.35. The van der Waals surface area contributed by atoms with E-state index in [4.69, 9.17) is 10.5 Å². The molecule has 3 rings (SSSR count). The zero-order chi connectivity index (χ0) is 19.7. The van der Waals surface area contributed by atoms with Gasteiger partial charge in [-0.2, -0.15) is 0 Å². The quantitative estimate of drug-likeness (QED) is 0.665. The molecule has 0 aliphatic rings. The Morgan fingerprint density at radius 2 is 1.89 bits per heavy atom. The molecule has 0 fully saturated rings. The van der Waals surface area contributed by atoms with Gasteiger partial charge in [-0.05, 0) is 51.0 Å². The first-order valence-electron chi connectivity index (χ1n) is 8.51. The van der Waals surface area contributed by atoms with Gasteiger partial charge < -0.3 is 15.8 Å². The molecule has 1 amide bonds. The zero-order valence-corrected chi connectivity index (χ0v) is 16.4. The van der Waals surface area contributed by atoms with E-state index in [1.165, 1.54) is 18.3 Å².